The monoisotopic (exact) mass is 431 g/mol. The van der Waals surface area contributed by atoms with Crippen molar-refractivity contribution in [2.24, 2.45) is 0 Å². The number of nitrogens with one attached hydrogen (secondary N) is 1. The van der Waals surface area contributed by atoms with E-state index in [9.17, 15) is 9.90 Å². The van der Waals surface area contributed by atoms with Crippen LogP contribution >= 0.6 is 0 Å². The smallest absolute Gasteiger partial charge is 0.224 e. The summed E-state index contributed by atoms with van der Waals surface area (Å²) in [4.78, 5) is 11.9. The second kappa shape index (κ2) is 20.4. The van der Waals surface area contributed by atoms with E-state index < -0.39 is 0 Å². The summed E-state index contributed by atoms with van der Waals surface area (Å²) >= 11 is 0. The first-order valence-corrected chi connectivity index (χ1v) is 13.3. The topological polar surface area (TPSA) is 49.3 Å². The zero-order chi connectivity index (χ0) is 22.4. The molecule has 0 aliphatic carbocycles. The zero-order valence-corrected chi connectivity index (χ0v) is 20.3. The number of phenolic OH excluding ortho intramolecular Hbond substituents is 1. The van der Waals surface area contributed by atoms with Crippen molar-refractivity contribution < 1.29 is 9.90 Å². The molecule has 0 unspecified atom stereocenters. The molecule has 1 amide bonds. The molecule has 0 radical (unpaired) electrons. The highest BCUT2D eigenvalue weighted by Crippen LogP contribution is 2.14. The van der Waals surface area contributed by atoms with Crippen molar-refractivity contribution in [3.05, 3.63) is 29.8 Å². The lowest BCUT2D eigenvalue weighted by molar-refractivity contribution is -0.120. The van der Waals surface area contributed by atoms with Crippen molar-refractivity contribution >= 4 is 5.91 Å². The molecule has 0 aliphatic rings. The van der Waals surface area contributed by atoms with E-state index in [2.05, 4.69) is 12.2 Å². The summed E-state index contributed by atoms with van der Waals surface area (Å²) in [7, 11) is 0. The molecule has 0 aliphatic heterocycles. The van der Waals surface area contributed by atoms with Gasteiger partial charge in [0.2, 0.25) is 5.91 Å². The molecule has 0 spiro atoms. The Morgan fingerprint density at radius 1 is 0.645 bits per heavy atom. The molecule has 0 fully saturated rings. The lowest BCUT2D eigenvalue weighted by atomic mass is 10.0. The van der Waals surface area contributed by atoms with Gasteiger partial charge in [0.25, 0.3) is 0 Å². The maximum absolute atomic E-state index is 11.9. The Morgan fingerprint density at radius 3 is 1.45 bits per heavy atom. The first-order chi connectivity index (χ1) is 15.2. The Labute approximate surface area is 192 Å². The Balaban J connectivity index is 1.75. The van der Waals surface area contributed by atoms with Gasteiger partial charge < -0.3 is 10.4 Å². The van der Waals surface area contributed by atoms with Gasteiger partial charge in [-0.3, -0.25) is 4.79 Å². The molecule has 178 valence electrons. The predicted molar refractivity (Wildman–Crippen MR) is 134 cm³/mol. The van der Waals surface area contributed by atoms with Crippen molar-refractivity contribution in [3.63, 3.8) is 0 Å². The van der Waals surface area contributed by atoms with Gasteiger partial charge >= 0.3 is 0 Å². The number of unbranched alkanes of at least 4 members (excludes halogenated alkanes) is 17. The minimum atomic E-state index is 0.0673. The molecule has 2 N–H and O–H groups in total. The number of hydrogen-bond donors (Lipinski definition) is 2. The fourth-order valence-electron chi connectivity index (χ4n) is 4.12. The molecule has 0 bridgehead atoms. The number of amides is 1. The number of aromatic hydroxyl groups is 1. The van der Waals surface area contributed by atoms with E-state index in [1.165, 1.54) is 109 Å². The standard InChI is InChI=1S/C28H49NO2/c1-2-3-4-5-6-7-8-9-10-11-12-13-14-15-16-17-18-19-24-29-28(31)25-26-20-22-27(30)23-21-26/h20-23,30H,2-19,24-25H2,1H3,(H,29,31). The maximum Gasteiger partial charge on any atom is 0.224 e. The summed E-state index contributed by atoms with van der Waals surface area (Å²) in [6, 6.07) is 6.84. The van der Waals surface area contributed by atoms with Crippen molar-refractivity contribution in [1.82, 2.24) is 5.32 Å². The number of carbonyl (C=O) groups excluding carboxylic acids is 1. The van der Waals surface area contributed by atoms with Crippen molar-refractivity contribution in [3.8, 4) is 5.75 Å². The SMILES string of the molecule is CCCCCCCCCCCCCCCCCCCCNC(=O)Cc1ccc(O)cc1. The zero-order valence-electron chi connectivity index (χ0n) is 20.3. The van der Waals surface area contributed by atoms with Gasteiger partial charge in [-0.05, 0) is 24.1 Å². The molecule has 1 aromatic rings. The summed E-state index contributed by atoms with van der Waals surface area (Å²) < 4.78 is 0. The fraction of sp³-hybridized carbons (Fsp3) is 0.750. The van der Waals surface area contributed by atoms with Gasteiger partial charge in [-0.25, -0.2) is 0 Å². The van der Waals surface area contributed by atoms with Crippen LogP contribution in [0.3, 0.4) is 0 Å². The second-order valence-corrected chi connectivity index (χ2v) is 9.20. The molecular formula is C28H49NO2. The average molecular weight is 432 g/mol. The number of phenols is 1. The van der Waals surface area contributed by atoms with Crippen LogP contribution in [0.25, 0.3) is 0 Å². The normalized spacial score (nSPS) is 11.0. The number of rotatable bonds is 21. The highest BCUT2D eigenvalue weighted by molar-refractivity contribution is 5.78. The van der Waals surface area contributed by atoms with Gasteiger partial charge in [-0.2, -0.15) is 0 Å². The number of carbonyl (C=O) groups is 1. The van der Waals surface area contributed by atoms with Crippen LogP contribution in [0.4, 0.5) is 0 Å². The first kappa shape index (κ1) is 27.5. The molecule has 0 saturated carbocycles. The molecule has 0 heterocycles. The quantitative estimate of drug-likeness (QED) is 0.193. The van der Waals surface area contributed by atoms with Gasteiger partial charge in [0.1, 0.15) is 5.75 Å². The van der Waals surface area contributed by atoms with Crippen LogP contribution in [0.5, 0.6) is 5.75 Å². The predicted octanol–water partition coefficient (Wildman–Crippen LogP) is 8.09. The van der Waals surface area contributed by atoms with Crippen LogP contribution in [0.15, 0.2) is 24.3 Å². The Morgan fingerprint density at radius 2 is 1.03 bits per heavy atom. The molecule has 3 nitrogen and oxygen atoms in total. The van der Waals surface area contributed by atoms with E-state index in [0.29, 0.717) is 6.42 Å². The lowest BCUT2D eigenvalue weighted by Crippen LogP contribution is -2.26. The van der Waals surface area contributed by atoms with Crippen LogP contribution in [-0.2, 0) is 11.2 Å². The molecule has 3 heteroatoms. The van der Waals surface area contributed by atoms with E-state index in [1.807, 2.05) is 0 Å². The fourth-order valence-corrected chi connectivity index (χ4v) is 4.12. The first-order valence-electron chi connectivity index (χ1n) is 13.3. The summed E-state index contributed by atoms with van der Waals surface area (Å²) in [5.74, 6) is 0.306. The summed E-state index contributed by atoms with van der Waals surface area (Å²) in [5.41, 5.74) is 0.938. The third-order valence-electron chi connectivity index (χ3n) is 6.15. The third-order valence-corrected chi connectivity index (χ3v) is 6.15. The van der Waals surface area contributed by atoms with Crippen molar-refractivity contribution in [2.75, 3.05) is 6.54 Å². The van der Waals surface area contributed by atoms with Crippen molar-refractivity contribution in [1.29, 1.82) is 0 Å². The van der Waals surface area contributed by atoms with Crippen LogP contribution in [0.1, 0.15) is 128 Å². The maximum atomic E-state index is 11.9. The molecule has 0 saturated heterocycles. The number of hydrogen-bond acceptors (Lipinski definition) is 2. The van der Waals surface area contributed by atoms with E-state index >= 15 is 0 Å². The molecule has 1 rings (SSSR count). The van der Waals surface area contributed by atoms with Gasteiger partial charge in [-0.15, -0.1) is 0 Å². The minimum Gasteiger partial charge on any atom is -0.508 e. The van der Waals surface area contributed by atoms with E-state index in [0.717, 1.165) is 18.5 Å². The molecule has 31 heavy (non-hydrogen) atoms. The summed E-state index contributed by atoms with van der Waals surface area (Å²) in [6.07, 6.45) is 25.2. The molecule has 0 atom stereocenters. The number of benzene rings is 1. The Bertz CT molecular complexity index is 526. The lowest BCUT2D eigenvalue weighted by Gasteiger charge is -2.06. The largest absolute Gasteiger partial charge is 0.508 e. The van der Waals surface area contributed by atoms with Gasteiger partial charge in [0.05, 0.1) is 6.42 Å². The van der Waals surface area contributed by atoms with E-state index in [4.69, 9.17) is 0 Å². The highest BCUT2D eigenvalue weighted by atomic mass is 16.3. The Kier molecular flexibility index (Phi) is 18.1. The summed E-state index contributed by atoms with van der Waals surface area (Å²) in [6.45, 7) is 3.06. The van der Waals surface area contributed by atoms with Crippen LogP contribution in [-0.4, -0.2) is 17.6 Å². The molecular weight excluding hydrogens is 382 g/mol. The van der Waals surface area contributed by atoms with Crippen LogP contribution in [0.2, 0.25) is 0 Å². The highest BCUT2D eigenvalue weighted by Gasteiger charge is 2.02. The van der Waals surface area contributed by atoms with Crippen molar-refractivity contribution in [2.45, 2.75) is 129 Å². The van der Waals surface area contributed by atoms with Crippen LogP contribution < -0.4 is 5.32 Å². The van der Waals surface area contributed by atoms with Gasteiger partial charge in [-0.1, -0.05) is 128 Å². The second-order valence-electron chi connectivity index (χ2n) is 9.20. The third kappa shape index (κ3) is 17.8. The molecule has 1 aromatic carbocycles. The summed E-state index contributed by atoms with van der Waals surface area (Å²) in [5, 5.41) is 12.3. The molecule has 0 aromatic heterocycles. The average Bonchev–Trinajstić information content (AvgIpc) is 2.77. The van der Waals surface area contributed by atoms with E-state index in [-0.39, 0.29) is 11.7 Å². The van der Waals surface area contributed by atoms with Gasteiger partial charge in [0, 0.05) is 6.54 Å². The van der Waals surface area contributed by atoms with E-state index in [1.54, 1.807) is 24.3 Å². The Hall–Kier alpha value is -1.51. The van der Waals surface area contributed by atoms with Gasteiger partial charge in [0.15, 0.2) is 0 Å². The minimum absolute atomic E-state index is 0.0673. The van der Waals surface area contributed by atoms with Crippen LogP contribution in [0, 0.1) is 0 Å².